The van der Waals surface area contributed by atoms with Crippen molar-refractivity contribution in [1.82, 2.24) is 0 Å². The summed E-state index contributed by atoms with van der Waals surface area (Å²) in [6.07, 6.45) is -6.63. The lowest BCUT2D eigenvalue weighted by Gasteiger charge is -2.59. The summed E-state index contributed by atoms with van der Waals surface area (Å²) in [7, 11) is 0. The van der Waals surface area contributed by atoms with Gasteiger partial charge < -0.3 is 38.3 Å². The van der Waals surface area contributed by atoms with Crippen LogP contribution in [0.25, 0.3) is 0 Å². The van der Waals surface area contributed by atoms with Crippen molar-refractivity contribution < 1.29 is 67.0 Å². The third-order valence-electron chi connectivity index (χ3n) is 9.06. The van der Waals surface area contributed by atoms with Crippen LogP contribution in [0.1, 0.15) is 48.5 Å². The number of hydrogen-bond acceptors (Lipinski definition) is 14. The standard InChI is InChI=1S/C30H37ClO14/c1-12-9-10-19(40-14(3)32)28(8)22(26(44-18(7)36)30(38)13(2)27(37)45-23(30)20(12)31)29(11-39-29)25(43-17(6)35)21(41-15(4)33)24(28)42-16(5)34/h9-10,13,19-26,38H,1,11H2,2-8H3/b10-9-/t13-,19-,20-,21+,22+,23-,24-,25+,26-,28+,29?,30-/m0/s1. The van der Waals surface area contributed by atoms with Gasteiger partial charge in [0.1, 0.15) is 17.8 Å². The number of halogens is 1. The molecule has 248 valence electrons. The van der Waals surface area contributed by atoms with Crippen molar-refractivity contribution in [3.8, 4) is 0 Å². The summed E-state index contributed by atoms with van der Waals surface area (Å²) < 4.78 is 40.5. The van der Waals surface area contributed by atoms with E-state index in [0.29, 0.717) is 0 Å². The normalized spacial score (nSPS) is 42.6. The molecule has 0 aromatic heterocycles. The molecule has 2 saturated heterocycles. The highest BCUT2D eigenvalue weighted by Gasteiger charge is 2.81. The quantitative estimate of drug-likeness (QED) is 0.191. The molecule has 1 saturated carbocycles. The number of esters is 6. The van der Waals surface area contributed by atoms with Crippen molar-refractivity contribution in [2.75, 3.05) is 6.61 Å². The number of hydrogen-bond donors (Lipinski definition) is 1. The smallest absolute Gasteiger partial charge is 0.312 e. The highest BCUT2D eigenvalue weighted by molar-refractivity contribution is 6.23. The molecule has 1 N–H and O–H groups in total. The second-order valence-electron chi connectivity index (χ2n) is 12.1. The first-order valence-corrected chi connectivity index (χ1v) is 14.7. The maximum Gasteiger partial charge on any atom is 0.312 e. The van der Waals surface area contributed by atoms with Crippen LogP contribution in [0.4, 0.5) is 0 Å². The van der Waals surface area contributed by atoms with Gasteiger partial charge in [-0.05, 0) is 18.6 Å². The Morgan fingerprint density at radius 3 is 1.87 bits per heavy atom. The molecule has 0 aromatic rings. The molecule has 0 bridgehead atoms. The number of rotatable bonds is 5. The summed E-state index contributed by atoms with van der Waals surface area (Å²) in [5, 5.41) is 11.4. The van der Waals surface area contributed by atoms with Crippen molar-refractivity contribution in [2.24, 2.45) is 17.3 Å². The van der Waals surface area contributed by atoms with Gasteiger partial charge in [-0.15, -0.1) is 11.6 Å². The number of allylic oxidation sites excluding steroid dienone is 1. The van der Waals surface area contributed by atoms with Crippen LogP contribution in [0.5, 0.6) is 0 Å². The third-order valence-corrected chi connectivity index (χ3v) is 9.57. The molecular formula is C30H37ClO14. The second-order valence-corrected chi connectivity index (χ2v) is 12.6. The fourth-order valence-corrected chi connectivity index (χ4v) is 7.50. The molecule has 45 heavy (non-hydrogen) atoms. The van der Waals surface area contributed by atoms with Crippen LogP contribution in [-0.4, -0.2) is 101 Å². The maximum absolute atomic E-state index is 13.1. The topological polar surface area (TPSA) is 191 Å². The fraction of sp³-hybridized carbons (Fsp3) is 0.667. The zero-order valence-corrected chi connectivity index (χ0v) is 26.7. The summed E-state index contributed by atoms with van der Waals surface area (Å²) in [5.41, 5.74) is -5.85. The van der Waals surface area contributed by atoms with Crippen LogP contribution in [0.3, 0.4) is 0 Å². The van der Waals surface area contributed by atoms with Crippen molar-refractivity contribution in [3.05, 3.63) is 24.3 Å². The third kappa shape index (κ3) is 5.72. The zero-order valence-electron chi connectivity index (χ0n) is 25.9. The number of ether oxygens (including phenoxy) is 7. The minimum atomic E-state index is -2.41. The molecular weight excluding hydrogens is 620 g/mol. The second kappa shape index (κ2) is 12.0. The van der Waals surface area contributed by atoms with Gasteiger partial charge in [-0.3, -0.25) is 28.8 Å². The Hall–Kier alpha value is -3.49. The number of carbonyl (C=O) groups excluding carboxylic acids is 6. The fourth-order valence-electron chi connectivity index (χ4n) is 7.17. The zero-order chi connectivity index (χ0) is 33.8. The van der Waals surface area contributed by atoms with Gasteiger partial charge >= 0.3 is 35.8 Å². The summed E-state index contributed by atoms with van der Waals surface area (Å²) in [5.74, 6) is -7.91. The molecule has 4 rings (SSSR count). The van der Waals surface area contributed by atoms with Crippen LogP contribution < -0.4 is 0 Å². The summed E-state index contributed by atoms with van der Waals surface area (Å²) >= 11 is 6.75. The molecule has 1 unspecified atom stereocenters. The number of alkyl halides is 1. The monoisotopic (exact) mass is 656 g/mol. The van der Waals surface area contributed by atoms with E-state index in [-0.39, 0.29) is 12.2 Å². The molecule has 2 aliphatic heterocycles. The molecule has 2 heterocycles. The highest BCUT2D eigenvalue weighted by atomic mass is 35.5. The van der Waals surface area contributed by atoms with E-state index >= 15 is 0 Å². The van der Waals surface area contributed by atoms with Gasteiger partial charge in [0.2, 0.25) is 0 Å². The predicted molar refractivity (Wildman–Crippen MR) is 150 cm³/mol. The highest BCUT2D eigenvalue weighted by Crippen LogP contribution is 2.63. The molecule has 0 radical (unpaired) electrons. The largest absolute Gasteiger partial charge is 0.459 e. The molecule has 3 fully saturated rings. The molecule has 12 atom stereocenters. The van der Waals surface area contributed by atoms with Gasteiger partial charge in [0.25, 0.3) is 0 Å². The van der Waals surface area contributed by atoms with Crippen molar-refractivity contribution in [1.29, 1.82) is 0 Å². The van der Waals surface area contributed by atoms with Gasteiger partial charge in [-0.25, -0.2) is 0 Å². The molecule has 1 spiro atoms. The van der Waals surface area contributed by atoms with Crippen LogP contribution in [-0.2, 0) is 61.9 Å². The molecule has 14 nitrogen and oxygen atoms in total. The Balaban J connectivity index is 2.17. The van der Waals surface area contributed by atoms with Gasteiger partial charge in [-0.2, -0.15) is 0 Å². The Bertz CT molecular complexity index is 1340. The SMILES string of the molecule is C=C1/C=C\[C@H](OC(C)=O)[C@@]2(C)[C@@H](OC(C)=O)[C@@H](OC(C)=O)[C@@H](OC(C)=O)C3(CO3)[C@@H]2[C@H](OC(C)=O)[C@]2(O)[C@@H](C)C(=O)O[C@H]2[C@H]1Cl. The average molecular weight is 657 g/mol. The average Bonchev–Trinajstić information content (AvgIpc) is 3.67. The molecule has 0 aromatic carbocycles. The van der Waals surface area contributed by atoms with E-state index in [1.54, 1.807) is 0 Å². The number of aliphatic hydroxyl groups is 1. The molecule has 15 heteroatoms. The van der Waals surface area contributed by atoms with Crippen molar-refractivity contribution in [3.63, 3.8) is 0 Å². The van der Waals surface area contributed by atoms with E-state index in [4.69, 9.17) is 44.8 Å². The molecule has 0 amide bonds. The number of fused-ring (bicyclic) bond motifs is 3. The van der Waals surface area contributed by atoms with Crippen molar-refractivity contribution in [2.45, 2.75) is 102 Å². The van der Waals surface area contributed by atoms with E-state index in [1.165, 1.54) is 26.0 Å². The lowest BCUT2D eigenvalue weighted by atomic mass is 9.51. The number of carbonyl (C=O) groups is 6. The Labute approximate surface area is 264 Å². The Kier molecular flexibility index (Phi) is 9.19. The maximum atomic E-state index is 13.1. The van der Waals surface area contributed by atoms with Gasteiger partial charge in [0, 0.05) is 40.5 Å². The van der Waals surface area contributed by atoms with E-state index in [0.717, 1.165) is 34.6 Å². The number of epoxide rings is 1. The predicted octanol–water partition coefficient (Wildman–Crippen LogP) is 1.08. The first-order chi connectivity index (χ1) is 20.8. The summed E-state index contributed by atoms with van der Waals surface area (Å²) in [6, 6.07) is 0. The van der Waals surface area contributed by atoms with Gasteiger partial charge in [0.05, 0.1) is 23.3 Å². The van der Waals surface area contributed by atoms with Crippen LogP contribution in [0.15, 0.2) is 24.3 Å². The van der Waals surface area contributed by atoms with E-state index in [1.807, 2.05) is 0 Å². The summed E-state index contributed by atoms with van der Waals surface area (Å²) in [4.78, 5) is 76.3. The van der Waals surface area contributed by atoms with Gasteiger partial charge in [-0.1, -0.05) is 19.6 Å². The minimum Gasteiger partial charge on any atom is -0.459 e. The first-order valence-electron chi connectivity index (χ1n) is 14.3. The lowest BCUT2D eigenvalue weighted by molar-refractivity contribution is -0.280. The Morgan fingerprint density at radius 1 is 0.889 bits per heavy atom. The minimum absolute atomic E-state index is 0.120. The Morgan fingerprint density at radius 2 is 1.38 bits per heavy atom. The van der Waals surface area contributed by atoms with E-state index in [9.17, 15) is 33.9 Å². The molecule has 4 aliphatic rings. The lowest BCUT2D eigenvalue weighted by Crippen LogP contribution is -2.76. The van der Waals surface area contributed by atoms with Crippen molar-refractivity contribution >= 4 is 47.4 Å². The van der Waals surface area contributed by atoms with Crippen LogP contribution >= 0.6 is 11.6 Å². The summed E-state index contributed by atoms with van der Waals surface area (Å²) in [6.45, 7) is 12.0. The van der Waals surface area contributed by atoms with Crippen LogP contribution in [0, 0.1) is 17.3 Å². The molecule has 2 aliphatic carbocycles. The van der Waals surface area contributed by atoms with Crippen LogP contribution in [0.2, 0.25) is 0 Å². The van der Waals surface area contributed by atoms with E-state index in [2.05, 4.69) is 6.58 Å². The van der Waals surface area contributed by atoms with E-state index < -0.39 is 106 Å². The van der Waals surface area contributed by atoms with Gasteiger partial charge in [0.15, 0.2) is 30.0 Å². The first kappa shape index (κ1) is 34.4.